The molecule has 2 aromatic rings. The summed E-state index contributed by atoms with van der Waals surface area (Å²) in [5, 5.41) is 4.18. The number of hydrogen-bond acceptors (Lipinski definition) is 2. The Bertz CT molecular complexity index is 762. The van der Waals surface area contributed by atoms with Crippen LogP contribution in [0.5, 0.6) is 0 Å². The summed E-state index contributed by atoms with van der Waals surface area (Å²) in [4.78, 5) is 11.5. The first kappa shape index (κ1) is 16.9. The van der Waals surface area contributed by atoms with Crippen molar-refractivity contribution < 1.29 is 4.79 Å². The highest BCUT2D eigenvalue weighted by atomic mass is 35.5. The predicted molar refractivity (Wildman–Crippen MR) is 101 cm³/mol. The van der Waals surface area contributed by atoms with E-state index in [1.54, 1.807) is 6.92 Å². The second-order valence-corrected chi connectivity index (χ2v) is 6.82. The Hall–Kier alpha value is -1.90. The Labute approximate surface area is 148 Å². The number of nitrogens with one attached hydrogen (secondary N) is 1. The molecular formula is C21H22ClNO. The summed E-state index contributed by atoms with van der Waals surface area (Å²) in [7, 11) is 0. The largest absolute Gasteiger partial charge is 0.316 e. The van der Waals surface area contributed by atoms with E-state index in [-0.39, 0.29) is 5.78 Å². The van der Waals surface area contributed by atoms with Crippen LogP contribution >= 0.6 is 11.6 Å². The molecule has 124 valence electrons. The molecule has 0 unspecified atom stereocenters. The van der Waals surface area contributed by atoms with Gasteiger partial charge < -0.3 is 5.32 Å². The molecular weight excluding hydrogens is 318 g/mol. The van der Waals surface area contributed by atoms with E-state index in [9.17, 15) is 4.79 Å². The number of hydrogen-bond donors (Lipinski definition) is 1. The van der Waals surface area contributed by atoms with Crippen molar-refractivity contribution in [1.29, 1.82) is 0 Å². The molecule has 0 aromatic heterocycles. The standard InChI is InChI=1S/C21H22ClNO/c1-14-11-19(13-20(22)12-14)21(18-7-9-23-10-8-18)17-5-3-16(4-6-17)15(2)24/h3-6,11-13,23H,7-10H2,1-2H3. The summed E-state index contributed by atoms with van der Waals surface area (Å²) in [6.07, 6.45) is 2.07. The van der Waals surface area contributed by atoms with Gasteiger partial charge in [0.1, 0.15) is 0 Å². The van der Waals surface area contributed by atoms with Crippen LogP contribution < -0.4 is 5.32 Å². The fraction of sp³-hybridized carbons (Fsp3) is 0.286. The van der Waals surface area contributed by atoms with Crippen LogP contribution in [-0.4, -0.2) is 18.9 Å². The third-order valence-electron chi connectivity index (χ3n) is 4.47. The maximum Gasteiger partial charge on any atom is 0.159 e. The van der Waals surface area contributed by atoms with E-state index in [2.05, 4.69) is 30.4 Å². The Morgan fingerprint density at radius 3 is 2.17 bits per heavy atom. The number of benzene rings is 2. The summed E-state index contributed by atoms with van der Waals surface area (Å²) >= 11 is 6.31. The minimum atomic E-state index is 0.0937. The molecule has 0 saturated carbocycles. The predicted octanol–water partition coefficient (Wildman–Crippen LogP) is 5.04. The quantitative estimate of drug-likeness (QED) is 0.794. The molecule has 3 rings (SSSR count). The summed E-state index contributed by atoms with van der Waals surface area (Å²) in [5.41, 5.74) is 6.93. The van der Waals surface area contributed by atoms with Crippen molar-refractivity contribution in [2.75, 3.05) is 13.1 Å². The number of ketones is 1. The molecule has 1 aliphatic rings. The lowest BCUT2D eigenvalue weighted by Crippen LogP contribution is -2.23. The van der Waals surface area contributed by atoms with E-state index >= 15 is 0 Å². The molecule has 0 radical (unpaired) electrons. The zero-order chi connectivity index (χ0) is 17.1. The number of carbonyl (C=O) groups is 1. The van der Waals surface area contributed by atoms with Gasteiger partial charge in [-0.15, -0.1) is 0 Å². The zero-order valence-corrected chi connectivity index (χ0v) is 14.9. The molecule has 1 heterocycles. The number of aryl methyl sites for hydroxylation is 1. The van der Waals surface area contributed by atoms with Gasteiger partial charge in [0.2, 0.25) is 0 Å². The molecule has 2 nitrogen and oxygen atoms in total. The first-order chi connectivity index (χ1) is 11.5. The maximum absolute atomic E-state index is 11.5. The van der Waals surface area contributed by atoms with Gasteiger partial charge in [0.05, 0.1) is 0 Å². The smallest absolute Gasteiger partial charge is 0.159 e. The van der Waals surface area contributed by atoms with Crippen LogP contribution in [-0.2, 0) is 0 Å². The highest BCUT2D eigenvalue weighted by molar-refractivity contribution is 6.30. The average Bonchev–Trinajstić information content (AvgIpc) is 2.56. The Morgan fingerprint density at radius 2 is 1.58 bits per heavy atom. The molecule has 0 amide bonds. The van der Waals surface area contributed by atoms with Crippen LogP contribution in [0.2, 0.25) is 5.02 Å². The molecule has 1 fully saturated rings. The minimum Gasteiger partial charge on any atom is -0.316 e. The molecule has 1 aliphatic heterocycles. The Morgan fingerprint density at radius 1 is 0.958 bits per heavy atom. The second-order valence-electron chi connectivity index (χ2n) is 6.38. The van der Waals surface area contributed by atoms with Gasteiger partial charge in [-0.1, -0.05) is 47.5 Å². The van der Waals surface area contributed by atoms with Crippen molar-refractivity contribution in [1.82, 2.24) is 5.32 Å². The summed E-state index contributed by atoms with van der Waals surface area (Å²) < 4.78 is 0. The fourth-order valence-electron chi connectivity index (χ4n) is 3.31. The van der Waals surface area contributed by atoms with Gasteiger partial charge in [-0.2, -0.15) is 0 Å². The summed E-state index contributed by atoms with van der Waals surface area (Å²) in [6.45, 7) is 5.67. The molecule has 24 heavy (non-hydrogen) atoms. The van der Waals surface area contributed by atoms with Crippen molar-refractivity contribution in [3.63, 3.8) is 0 Å². The highest BCUT2D eigenvalue weighted by Gasteiger charge is 2.16. The molecule has 0 atom stereocenters. The normalized spacial score (nSPS) is 14.5. The molecule has 0 aliphatic carbocycles. The summed E-state index contributed by atoms with van der Waals surface area (Å²) in [5.74, 6) is 0.0937. The molecule has 1 saturated heterocycles. The van der Waals surface area contributed by atoms with Crippen molar-refractivity contribution in [2.24, 2.45) is 0 Å². The third-order valence-corrected chi connectivity index (χ3v) is 4.69. The minimum absolute atomic E-state index is 0.0937. The fourth-order valence-corrected chi connectivity index (χ4v) is 3.60. The highest BCUT2D eigenvalue weighted by Crippen LogP contribution is 2.33. The van der Waals surface area contributed by atoms with Crippen molar-refractivity contribution in [3.8, 4) is 0 Å². The Kier molecular flexibility index (Phi) is 5.17. The first-order valence-electron chi connectivity index (χ1n) is 8.36. The van der Waals surface area contributed by atoms with Crippen molar-refractivity contribution in [3.05, 3.63) is 75.3 Å². The first-order valence-corrected chi connectivity index (χ1v) is 8.74. The van der Waals surface area contributed by atoms with Gasteiger partial charge in [-0.05, 0) is 74.2 Å². The molecule has 3 heteroatoms. The molecule has 0 bridgehead atoms. The lowest BCUT2D eigenvalue weighted by molar-refractivity contribution is 0.101. The Balaban J connectivity index is 2.13. The lowest BCUT2D eigenvalue weighted by Gasteiger charge is -2.22. The van der Waals surface area contributed by atoms with Crippen LogP contribution in [0.25, 0.3) is 5.57 Å². The van der Waals surface area contributed by atoms with Gasteiger partial charge in [0.15, 0.2) is 5.78 Å². The van der Waals surface area contributed by atoms with Crippen LogP contribution in [0.15, 0.2) is 48.0 Å². The van der Waals surface area contributed by atoms with Gasteiger partial charge in [0.25, 0.3) is 0 Å². The monoisotopic (exact) mass is 339 g/mol. The van der Waals surface area contributed by atoms with E-state index in [4.69, 9.17) is 11.6 Å². The number of Topliss-reactive ketones (excluding diaryl/α,β-unsaturated/α-hetero) is 1. The van der Waals surface area contributed by atoms with Gasteiger partial charge in [0, 0.05) is 10.6 Å². The van der Waals surface area contributed by atoms with Crippen LogP contribution in [0.4, 0.5) is 0 Å². The molecule has 2 aromatic carbocycles. The van der Waals surface area contributed by atoms with Crippen LogP contribution in [0.3, 0.4) is 0 Å². The third kappa shape index (κ3) is 3.77. The van der Waals surface area contributed by atoms with E-state index < -0.39 is 0 Å². The maximum atomic E-state index is 11.5. The molecule has 1 N–H and O–H groups in total. The van der Waals surface area contributed by atoms with E-state index in [1.165, 1.54) is 11.1 Å². The van der Waals surface area contributed by atoms with E-state index in [1.807, 2.05) is 24.3 Å². The SMILES string of the molecule is CC(=O)c1ccc(C(=C2CCNCC2)c2cc(C)cc(Cl)c2)cc1. The molecule has 0 spiro atoms. The van der Waals surface area contributed by atoms with Crippen molar-refractivity contribution in [2.45, 2.75) is 26.7 Å². The van der Waals surface area contributed by atoms with Crippen LogP contribution in [0, 0.1) is 6.92 Å². The second kappa shape index (κ2) is 7.33. The number of piperidine rings is 1. The van der Waals surface area contributed by atoms with Gasteiger partial charge >= 0.3 is 0 Å². The lowest BCUT2D eigenvalue weighted by atomic mass is 9.88. The van der Waals surface area contributed by atoms with Gasteiger partial charge in [-0.3, -0.25) is 4.79 Å². The van der Waals surface area contributed by atoms with Crippen molar-refractivity contribution >= 4 is 23.0 Å². The number of carbonyl (C=O) groups excluding carboxylic acids is 1. The topological polar surface area (TPSA) is 29.1 Å². The summed E-state index contributed by atoms with van der Waals surface area (Å²) in [6, 6.07) is 14.1. The average molecular weight is 340 g/mol. The zero-order valence-electron chi connectivity index (χ0n) is 14.2. The van der Waals surface area contributed by atoms with Crippen LogP contribution in [0.1, 0.15) is 46.8 Å². The van der Waals surface area contributed by atoms with E-state index in [0.29, 0.717) is 0 Å². The number of rotatable bonds is 3. The van der Waals surface area contributed by atoms with E-state index in [0.717, 1.165) is 53.2 Å². The van der Waals surface area contributed by atoms with Gasteiger partial charge in [-0.25, -0.2) is 0 Å². The number of halogens is 1.